The van der Waals surface area contributed by atoms with Crippen LogP contribution >= 0.6 is 0 Å². The number of H-pyrrole nitrogens is 1. The standard InChI is InChI=1S/C11H19NO2/c1-10(2,3)7-8(11(4,5)6)14-9(13)12-7/h1-6H3,(H,12,13). The minimum atomic E-state index is -0.361. The van der Waals surface area contributed by atoms with E-state index in [9.17, 15) is 4.79 Å². The molecule has 0 fully saturated rings. The van der Waals surface area contributed by atoms with Gasteiger partial charge in [0.2, 0.25) is 0 Å². The Balaban J connectivity index is 3.38. The summed E-state index contributed by atoms with van der Waals surface area (Å²) in [5.41, 5.74) is 0.672. The molecule has 0 aliphatic carbocycles. The van der Waals surface area contributed by atoms with Crippen molar-refractivity contribution in [2.24, 2.45) is 0 Å². The molecule has 1 heterocycles. The van der Waals surface area contributed by atoms with Gasteiger partial charge >= 0.3 is 5.76 Å². The number of hydrogen-bond donors (Lipinski definition) is 1. The van der Waals surface area contributed by atoms with E-state index < -0.39 is 0 Å². The molecule has 14 heavy (non-hydrogen) atoms. The van der Waals surface area contributed by atoms with Gasteiger partial charge in [-0.2, -0.15) is 0 Å². The van der Waals surface area contributed by atoms with Crippen molar-refractivity contribution < 1.29 is 4.42 Å². The van der Waals surface area contributed by atoms with Crippen molar-refractivity contribution in [3.63, 3.8) is 0 Å². The molecule has 3 nitrogen and oxygen atoms in total. The van der Waals surface area contributed by atoms with Crippen LogP contribution in [0.5, 0.6) is 0 Å². The van der Waals surface area contributed by atoms with Gasteiger partial charge in [0.25, 0.3) is 0 Å². The van der Waals surface area contributed by atoms with Crippen LogP contribution in [0.1, 0.15) is 53.0 Å². The molecular weight excluding hydrogens is 178 g/mol. The Bertz CT molecular complexity index is 337. The third kappa shape index (κ3) is 2.08. The molecule has 80 valence electrons. The van der Waals surface area contributed by atoms with Crippen LogP contribution in [-0.4, -0.2) is 4.98 Å². The molecule has 0 amide bonds. The SMILES string of the molecule is CC(C)(C)c1[nH]c(=O)oc1C(C)(C)C. The number of hydrogen-bond acceptors (Lipinski definition) is 2. The number of aromatic amines is 1. The Kier molecular flexibility index (Phi) is 2.38. The van der Waals surface area contributed by atoms with E-state index >= 15 is 0 Å². The van der Waals surface area contributed by atoms with Crippen molar-refractivity contribution >= 4 is 0 Å². The van der Waals surface area contributed by atoms with Crippen molar-refractivity contribution in [1.82, 2.24) is 4.98 Å². The summed E-state index contributed by atoms with van der Waals surface area (Å²) in [6.45, 7) is 12.3. The Labute approximate surface area is 84.5 Å². The number of aromatic nitrogens is 1. The Morgan fingerprint density at radius 2 is 1.50 bits per heavy atom. The fraction of sp³-hybridized carbons (Fsp3) is 0.727. The molecule has 0 spiro atoms. The molecule has 1 aromatic rings. The molecule has 1 rings (SSSR count). The van der Waals surface area contributed by atoms with Gasteiger partial charge in [0.1, 0.15) is 5.76 Å². The Morgan fingerprint density at radius 1 is 1.00 bits per heavy atom. The minimum absolute atomic E-state index is 0.0885. The molecule has 3 heteroatoms. The van der Waals surface area contributed by atoms with Gasteiger partial charge in [-0.3, -0.25) is 4.98 Å². The van der Waals surface area contributed by atoms with Crippen LogP contribution in [0.2, 0.25) is 0 Å². The average molecular weight is 197 g/mol. The van der Waals surface area contributed by atoms with Gasteiger partial charge in [-0.25, -0.2) is 4.79 Å². The zero-order valence-electron chi connectivity index (χ0n) is 9.82. The Hall–Kier alpha value is -0.990. The van der Waals surface area contributed by atoms with E-state index in [2.05, 4.69) is 25.8 Å². The summed E-state index contributed by atoms with van der Waals surface area (Å²) < 4.78 is 5.19. The lowest BCUT2D eigenvalue weighted by Gasteiger charge is -2.23. The Morgan fingerprint density at radius 3 is 1.79 bits per heavy atom. The van der Waals surface area contributed by atoms with Gasteiger partial charge < -0.3 is 4.42 Å². The number of oxazole rings is 1. The third-order valence-electron chi connectivity index (χ3n) is 2.08. The minimum Gasteiger partial charge on any atom is -0.412 e. The zero-order valence-corrected chi connectivity index (χ0v) is 9.82. The first-order valence-electron chi connectivity index (χ1n) is 4.86. The second-order valence-corrected chi connectivity index (χ2v) is 5.72. The first kappa shape index (κ1) is 11.1. The van der Waals surface area contributed by atoms with Crippen LogP contribution < -0.4 is 5.76 Å². The van der Waals surface area contributed by atoms with Crippen molar-refractivity contribution in [2.45, 2.75) is 52.4 Å². The summed E-state index contributed by atoms with van der Waals surface area (Å²) in [6.07, 6.45) is 0. The first-order chi connectivity index (χ1) is 6.12. The van der Waals surface area contributed by atoms with Crippen LogP contribution in [0.25, 0.3) is 0 Å². The maximum absolute atomic E-state index is 11.2. The fourth-order valence-corrected chi connectivity index (χ4v) is 1.38. The molecule has 0 aliphatic rings. The summed E-state index contributed by atoms with van der Waals surface area (Å²) in [7, 11) is 0. The second-order valence-electron chi connectivity index (χ2n) is 5.72. The quantitative estimate of drug-likeness (QED) is 0.694. The molecule has 0 unspecified atom stereocenters. The van der Waals surface area contributed by atoms with Crippen LogP contribution in [-0.2, 0) is 10.8 Å². The smallest absolute Gasteiger partial charge is 0.412 e. The summed E-state index contributed by atoms with van der Waals surface area (Å²) in [6, 6.07) is 0. The highest BCUT2D eigenvalue weighted by Gasteiger charge is 2.30. The van der Waals surface area contributed by atoms with Gasteiger partial charge in [-0.15, -0.1) is 0 Å². The maximum atomic E-state index is 11.2. The largest absolute Gasteiger partial charge is 0.416 e. The van der Waals surface area contributed by atoms with Crippen molar-refractivity contribution in [2.75, 3.05) is 0 Å². The number of nitrogens with one attached hydrogen (secondary N) is 1. The average Bonchev–Trinajstić information content (AvgIpc) is 2.27. The molecule has 0 radical (unpaired) electrons. The van der Waals surface area contributed by atoms with E-state index in [0.29, 0.717) is 0 Å². The molecule has 0 aliphatic heterocycles. The highest BCUT2D eigenvalue weighted by Crippen LogP contribution is 2.31. The summed E-state index contributed by atoms with van der Waals surface area (Å²) >= 11 is 0. The predicted molar refractivity (Wildman–Crippen MR) is 56.7 cm³/mol. The molecule has 1 N–H and O–H groups in total. The lowest BCUT2D eigenvalue weighted by Crippen LogP contribution is -2.21. The first-order valence-corrected chi connectivity index (χ1v) is 4.86. The van der Waals surface area contributed by atoms with Gasteiger partial charge in [0.15, 0.2) is 0 Å². The lowest BCUT2D eigenvalue weighted by molar-refractivity contribution is 0.377. The van der Waals surface area contributed by atoms with E-state index in [1.165, 1.54) is 0 Å². The van der Waals surface area contributed by atoms with Crippen LogP contribution in [0.4, 0.5) is 0 Å². The predicted octanol–water partition coefficient (Wildman–Crippen LogP) is 2.56. The molecule has 1 aromatic heterocycles. The van der Waals surface area contributed by atoms with E-state index in [1.807, 2.05) is 20.8 Å². The van der Waals surface area contributed by atoms with Gasteiger partial charge in [0.05, 0.1) is 5.69 Å². The number of rotatable bonds is 0. The molecule has 0 aromatic carbocycles. The summed E-state index contributed by atoms with van der Waals surface area (Å²) in [5.74, 6) is 0.398. The molecule has 0 saturated carbocycles. The van der Waals surface area contributed by atoms with Crippen LogP contribution in [0.15, 0.2) is 9.21 Å². The van der Waals surface area contributed by atoms with Crippen molar-refractivity contribution in [3.05, 3.63) is 22.0 Å². The summed E-state index contributed by atoms with van der Waals surface area (Å²) in [4.78, 5) is 14.0. The van der Waals surface area contributed by atoms with Gasteiger partial charge in [-0.1, -0.05) is 41.5 Å². The second kappa shape index (κ2) is 3.01. The van der Waals surface area contributed by atoms with Crippen molar-refractivity contribution in [3.8, 4) is 0 Å². The van der Waals surface area contributed by atoms with Gasteiger partial charge in [0, 0.05) is 10.8 Å². The molecule has 0 saturated heterocycles. The molecule has 0 bridgehead atoms. The topological polar surface area (TPSA) is 46.0 Å². The monoisotopic (exact) mass is 197 g/mol. The third-order valence-corrected chi connectivity index (χ3v) is 2.08. The van der Waals surface area contributed by atoms with E-state index in [4.69, 9.17) is 4.42 Å². The van der Waals surface area contributed by atoms with E-state index in [1.54, 1.807) is 0 Å². The van der Waals surface area contributed by atoms with E-state index in [-0.39, 0.29) is 16.6 Å². The normalized spacial score (nSPS) is 13.3. The molecular formula is C11H19NO2. The molecule has 0 atom stereocenters. The lowest BCUT2D eigenvalue weighted by atomic mass is 9.83. The zero-order chi connectivity index (χ0) is 11.1. The van der Waals surface area contributed by atoms with Crippen molar-refractivity contribution in [1.29, 1.82) is 0 Å². The summed E-state index contributed by atoms with van der Waals surface area (Å²) in [5, 5.41) is 0. The fourth-order valence-electron chi connectivity index (χ4n) is 1.38. The van der Waals surface area contributed by atoms with E-state index in [0.717, 1.165) is 11.5 Å². The van der Waals surface area contributed by atoms with Crippen LogP contribution in [0, 0.1) is 0 Å². The highest BCUT2D eigenvalue weighted by atomic mass is 16.4. The van der Waals surface area contributed by atoms with Gasteiger partial charge in [-0.05, 0) is 0 Å². The van der Waals surface area contributed by atoms with Crippen LogP contribution in [0.3, 0.4) is 0 Å². The maximum Gasteiger partial charge on any atom is 0.416 e. The highest BCUT2D eigenvalue weighted by molar-refractivity contribution is 5.22.